The van der Waals surface area contributed by atoms with Crippen LogP contribution in [-0.2, 0) is 19.4 Å². The van der Waals surface area contributed by atoms with Gasteiger partial charge < -0.3 is 14.9 Å². The van der Waals surface area contributed by atoms with Gasteiger partial charge in [0.2, 0.25) is 0 Å². The van der Waals surface area contributed by atoms with Crippen molar-refractivity contribution in [2.75, 3.05) is 13.1 Å². The molecule has 1 aliphatic carbocycles. The second-order valence-corrected chi connectivity index (χ2v) is 10.5. The first-order valence-corrected chi connectivity index (χ1v) is 13.3. The molecule has 1 saturated carbocycles. The zero-order chi connectivity index (χ0) is 25.5. The van der Waals surface area contributed by atoms with Crippen molar-refractivity contribution in [1.82, 2.24) is 30.4 Å². The Balaban J connectivity index is 1.21. The predicted molar refractivity (Wildman–Crippen MR) is 141 cm³/mol. The van der Waals surface area contributed by atoms with E-state index in [-0.39, 0.29) is 12.1 Å². The normalized spacial score (nSPS) is 19.6. The molecule has 1 saturated heterocycles. The minimum Gasteiger partial charge on any atom is -0.389 e. The highest BCUT2D eigenvalue weighted by Crippen LogP contribution is 2.53. The number of hydrogen-bond donors (Lipinski definition) is 2. The van der Waals surface area contributed by atoms with Crippen molar-refractivity contribution in [1.29, 1.82) is 0 Å². The Kier molecular flexibility index (Phi) is 7.94. The van der Waals surface area contributed by atoms with Crippen LogP contribution in [0.15, 0.2) is 72.8 Å². The van der Waals surface area contributed by atoms with Crippen LogP contribution in [0.4, 0.5) is 4.79 Å². The molecular weight excluding hydrogens is 464 g/mol. The molecule has 1 aromatic heterocycles. The zero-order valence-electron chi connectivity index (χ0n) is 21.2. The van der Waals surface area contributed by atoms with Crippen LogP contribution in [0.5, 0.6) is 0 Å². The van der Waals surface area contributed by atoms with Gasteiger partial charge in [-0.05, 0) is 59.1 Å². The Bertz CT molecular complexity index is 1150. The summed E-state index contributed by atoms with van der Waals surface area (Å²) in [6, 6.07) is 20.2. The number of aromatic nitrogens is 4. The van der Waals surface area contributed by atoms with Gasteiger partial charge in [-0.25, -0.2) is 9.89 Å². The van der Waals surface area contributed by atoms with Crippen LogP contribution in [0.2, 0.25) is 0 Å². The van der Waals surface area contributed by atoms with Crippen LogP contribution in [0.1, 0.15) is 49.1 Å². The summed E-state index contributed by atoms with van der Waals surface area (Å²) in [5.41, 5.74) is 2.55. The summed E-state index contributed by atoms with van der Waals surface area (Å²) in [6.07, 6.45) is 10.3. The first-order valence-electron chi connectivity index (χ1n) is 13.3. The number of tetrazole rings is 1. The lowest BCUT2D eigenvalue weighted by atomic mass is 9.94. The first-order chi connectivity index (χ1) is 18.1. The number of aromatic amines is 1. The van der Waals surface area contributed by atoms with E-state index in [0.29, 0.717) is 24.9 Å². The molecule has 194 valence electrons. The summed E-state index contributed by atoms with van der Waals surface area (Å²) in [5, 5.41) is 24.8. The van der Waals surface area contributed by atoms with E-state index in [2.05, 4.69) is 32.8 Å². The van der Waals surface area contributed by atoms with Crippen molar-refractivity contribution in [3.05, 3.63) is 89.8 Å². The molecule has 37 heavy (non-hydrogen) atoms. The largest absolute Gasteiger partial charge is 0.389 e. The molecule has 1 aliphatic heterocycles. The topological polar surface area (TPSA) is 98.2 Å². The fourth-order valence-corrected chi connectivity index (χ4v) is 5.34. The molecule has 8 heteroatoms. The third-order valence-electron chi connectivity index (χ3n) is 7.73. The first kappa shape index (κ1) is 25.1. The Labute approximate surface area is 218 Å². The molecular formula is C29H36N6O2. The van der Waals surface area contributed by atoms with Gasteiger partial charge in [0.1, 0.15) is 5.82 Å². The predicted octanol–water partition coefficient (Wildman–Crippen LogP) is 4.16. The van der Waals surface area contributed by atoms with Crippen molar-refractivity contribution < 1.29 is 9.90 Å². The molecule has 1 unspecified atom stereocenters. The highest BCUT2D eigenvalue weighted by Gasteiger charge is 2.44. The van der Waals surface area contributed by atoms with Gasteiger partial charge in [0.25, 0.3) is 0 Å². The molecule has 2 amide bonds. The summed E-state index contributed by atoms with van der Waals surface area (Å²) in [7, 11) is 0. The molecule has 2 fully saturated rings. The standard InChI is InChI=1S/C29H36N6O2/c36-26(20-23-8-3-1-4-9-23)14-13-25-22-34(21-24-10-5-2-6-11-24)28(37)35(25)19-18-29(16-17-29)15-7-12-27-30-32-33-31-27/h1-6,8-11,13-14,25-26,36H,7,12,15-22H2,(H,30,31,32,33)/t25-,26?/m0/s1. The number of carbonyl (C=O) groups is 1. The van der Waals surface area contributed by atoms with Crippen molar-refractivity contribution in [3.8, 4) is 0 Å². The molecule has 2 N–H and O–H groups in total. The lowest BCUT2D eigenvalue weighted by molar-refractivity contribution is 0.182. The maximum absolute atomic E-state index is 13.5. The van der Waals surface area contributed by atoms with Crippen molar-refractivity contribution in [2.24, 2.45) is 5.41 Å². The lowest BCUT2D eigenvalue weighted by Crippen LogP contribution is -2.36. The number of amides is 2. The van der Waals surface area contributed by atoms with Gasteiger partial charge in [-0.3, -0.25) is 0 Å². The monoisotopic (exact) mass is 500 g/mol. The fourth-order valence-electron chi connectivity index (χ4n) is 5.34. The van der Waals surface area contributed by atoms with Gasteiger partial charge >= 0.3 is 6.03 Å². The van der Waals surface area contributed by atoms with E-state index >= 15 is 0 Å². The smallest absolute Gasteiger partial charge is 0.320 e. The summed E-state index contributed by atoms with van der Waals surface area (Å²) in [4.78, 5) is 17.4. The van der Waals surface area contributed by atoms with Gasteiger partial charge in [0, 0.05) is 32.5 Å². The molecule has 8 nitrogen and oxygen atoms in total. The SMILES string of the molecule is O=C1N(Cc2ccccc2)C[C@H](C=CC(O)Cc2ccccc2)N1CCC1(CCCc2nnn[nH]2)CC1. The minimum atomic E-state index is -0.581. The lowest BCUT2D eigenvalue weighted by Gasteiger charge is -2.24. The number of nitrogens with one attached hydrogen (secondary N) is 1. The fraction of sp³-hybridized carbons (Fsp3) is 0.448. The summed E-state index contributed by atoms with van der Waals surface area (Å²) < 4.78 is 0. The third kappa shape index (κ3) is 6.83. The highest BCUT2D eigenvalue weighted by atomic mass is 16.3. The molecule has 0 spiro atoms. The summed E-state index contributed by atoms with van der Waals surface area (Å²) >= 11 is 0. The molecule has 5 rings (SSSR count). The van der Waals surface area contributed by atoms with Crippen molar-refractivity contribution in [3.63, 3.8) is 0 Å². The van der Waals surface area contributed by atoms with Crippen LogP contribution >= 0.6 is 0 Å². The number of benzene rings is 2. The number of rotatable bonds is 13. The van der Waals surface area contributed by atoms with Crippen LogP contribution in [0, 0.1) is 5.41 Å². The number of aliphatic hydroxyl groups is 1. The van der Waals surface area contributed by atoms with Gasteiger partial charge in [0.05, 0.1) is 12.1 Å². The van der Waals surface area contributed by atoms with Gasteiger partial charge in [-0.1, -0.05) is 72.8 Å². The summed E-state index contributed by atoms with van der Waals surface area (Å²) in [6.45, 7) is 1.97. The van der Waals surface area contributed by atoms with Crippen LogP contribution in [0.25, 0.3) is 0 Å². The van der Waals surface area contributed by atoms with Crippen LogP contribution in [-0.4, -0.2) is 66.8 Å². The Morgan fingerprint density at radius 1 is 1.05 bits per heavy atom. The van der Waals surface area contributed by atoms with Crippen LogP contribution < -0.4 is 0 Å². The number of carbonyl (C=O) groups excluding carboxylic acids is 1. The van der Waals surface area contributed by atoms with Crippen molar-refractivity contribution >= 4 is 6.03 Å². The van der Waals surface area contributed by atoms with E-state index in [1.165, 1.54) is 12.8 Å². The number of urea groups is 1. The highest BCUT2D eigenvalue weighted by molar-refractivity contribution is 5.77. The third-order valence-corrected chi connectivity index (χ3v) is 7.73. The molecule has 0 radical (unpaired) electrons. The van der Waals surface area contributed by atoms with Gasteiger partial charge in [-0.2, -0.15) is 0 Å². The average molecular weight is 501 g/mol. The maximum Gasteiger partial charge on any atom is 0.320 e. The second-order valence-electron chi connectivity index (χ2n) is 10.5. The number of nitrogens with zero attached hydrogens (tertiary/aromatic N) is 5. The number of aryl methyl sites for hydroxylation is 1. The average Bonchev–Trinajstić information content (AvgIpc) is 3.35. The van der Waals surface area contributed by atoms with Crippen molar-refractivity contribution in [2.45, 2.75) is 63.6 Å². The van der Waals surface area contributed by atoms with Gasteiger partial charge in [-0.15, -0.1) is 5.10 Å². The second kappa shape index (κ2) is 11.7. The van der Waals surface area contributed by atoms with E-state index in [4.69, 9.17) is 0 Å². The number of H-pyrrole nitrogens is 1. The minimum absolute atomic E-state index is 0.0438. The molecule has 2 aliphatic rings. The Morgan fingerprint density at radius 2 is 1.78 bits per heavy atom. The number of aliphatic hydroxyl groups excluding tert-OH is 1. The molecule has 2 heterocycles. The number of hydrogen-bond acceptors (Lipinski definition) is 5. The summed E-state index contributed by atoms with van der Waals surface area (Å²) in [5.74, 6) is 0.835. The van der Waals surface area contributed by atoms with E-state index in [9.17, 15) is 9.90 Å². The Hall–Kier alpha value is -3.52. The Morgan fingerprint density at radius 3 is 2.46 bits per heavy atom. The van der Waals surface area contributed by atoms with E-state index in [1.54, 1.807) is 0 Å². The van der Waals surface area contributed by atoms with E-state index in [1.807, 2.05) is 70.5 Å². The molecule has 0 bridgehead atoms. The quantitative estimate of drug-likeness (QED) is 0.344. The maximum atomic E-state index is 13.5. The van der Waals surface area contributed by atoms with Crippen LogP contribution in [0.3, 0.4) is 0 Å². The zero-order valence-corrected chi connectivity index (χ0v) is 21.2. The van der Waals surface area contributed by atoms with Gasteiger partial charge in [0.15, 0.2) is 0 Å². The van der Waals surface area contributed by atoms with E-state index < -0.39 is 6.10 Å². The molecule has 2 aromatic carbocycles. The molecule has 2 atom stereocenters. The van der Waals surface area contributed by atoms with E-state index in [0.717, 1.165) is 49.2 Å². The molecule has 3 aromatic rings.